The molecule has 3 aromatic carbocycles. The summed E-state index contributed by atoms with van der Waals surface area (Å²) in [4.78, 5) is 0. The molecule has 0 bridgehead atoms. The molecule has 0 spiro atoms. The van der Waals surface area contributed by atoms with E-state index in [2.05, 4.69) is 0 Å². The van der Waals surface area contributed by atoms with Crippen molar-refractivity contribution in [2.45, 2.75) is 49.5 Å². The van der Waals surface area contributed by atoms with Crippen molar-refractivity contribution in [3.05, 3.63) is 130 Å². The highest BCUT2D eigenvalue weighted by atomic mass is 19.4. The molecule has 1 fully saturated rings. The normalized spacial score (nSPS) is 18.6. The smallest absolute Gasteiger partial charge is 0.200 e. The van der Waals surface area contributed by atoms with Crippen LogP contribution in [0.3, 0.4) is 0 Å². The summed E-state index contributed by atoms with van der Waals surface area (Å²) in [6.07, 6.45) is -22.1. The van der Waals surface area contributed by atoms with Crippen molar-refractivity contribution in [2.75, 3.05) is 0 Å². The van der Waals surface area contributed by atoms with E-state index in [0.717, 1.165) is 17.2 Å². The number of benzene rings is 3. The Kier molecular flexibility index (Phi) is 7.67. The van der Waals surface area contributed by atoms with E-state index in [9.17, 15) is 52.7 Å². The largest absolute Gasteiger partial charge is 0.417 e. The summed E-state index contributed by atoms with van der Waals surface area (Å²) in [5.74, 6) is -2.85. The molecule has 2 nitrogen and oxygen atoms in total. The summed E-state index contributed by atoms with van der Waals surface area (Å²) >= 11 is 0. The first-order valence-electron chi connectivity index (χ1n) is 15.4. The Morgan fingerprint density at radius 2 is 1.06 bits per heavy atom. The molecule has 2 aliphatic rings. The van der Waals surface area contributed by atoms with E-state index in [0.29, 0.717) is 22.4 Å². The Labute approximate surface area is 282 Å². The summed E-state index contributed by atoms with van der Waals surface area (Å²) in [6, 6.07) is 20.0. The quantitative estimate of drug-likeness (QED) is 0.129. The number of hydrogen-bond donors (Lipinski definition) is 0. The molecule has 2 aromatic heterocycles. The number of pyridine rings is 2. The number of rotatable bonds is 3. The second-order valence-electron chi connectivity index (χ2n) is 12.7. The van der Waals surface area contributed by atoms with Gasteiger partial charge in [-0.2, -0.15) is 57.3 Å². The Hall–Kier alpha value is -4.88. The van der Waals surface area contributed by atoms with Crippen LogP contribution in [0.5, 0.6) is 0 Å². The van der Waals surface area contributed by atoms with Gasteiger partial charge in [0.05, 0.1) is 39.7 Å². The molecule has 3 heterocycles. The molecule has 3 unspecified atom stereocenters. The number of aromatic nitrogens is 2. The Bertz CT molecular complexity index is 2200. The zero-order chi connectivity index (χ0) is 37.0. The fourth-order valence-corrected chi connectivity index (χ4v) is 7.68. The third kappa shape index (κ3) is 5.63. The van der Waals surface area contributed by atoms with Crippen LogP contribution in [-0.4, -0.2) is 0 Å². The van der Waals surface area contributed by atoms with E-state index in [1.807, 2.05) is 30.3 Å². The van der Waals surface area contributed by atoms with E-state index in [-0.39, 0.29) is 0 Å². The molecule has 51 heavy (non-hydrogen) atoms. The van der Waals surface area contributed by atoms with Crippen molar-refractivity contribution in [1.29, 1.82) is 0 Å². The van der Waals surface area contributed by atoms with E-state index >= 15 is 0 Å². The second kappa shape index (κ2) is 11.3. The minimum absolute atomic E-state index is 0.304. The lowest BCUT2D eigenvalue weighted by Gasteiger charge is -2.30. The molecule has 5 aromatic rings. The zero-order valence-corrected chi connectivity index (χ0v) is 26.3. The second-order valence-corrected chi connectivity index (χ2v) is 12.7. The summed E-state index contributed by atoms with van der Waals surface area (Å²) in [7, 11) is 1.70. The fraction of sp³-hybridized carbons (Fsp3) is 0.243. The van der Waals surface area contributed by atoms with Crippen LogP contribution in [0.2, 0.25) is 0 Å². The van der Waals surface area contributed by atoms with Gasteiger partial charge in [-0.3, -0.25) is 0 Å². The number of halogens is 12. The van der Waals surface area contributed by atoms with Crippen LogP contribution in [0.15, 0.2) is 91.3 Å². The summed E-state index contributed by atoms with van der Waals surface area (Å²) in [5, 5.41) is 0. The highest BCUT2D eigenvalue weighted by molar-refractivity contribution is 5.78. The van der Waals surface area contributed by atoms with Gasteiger partial charge < -0.3 is 0 Å². The molecule has 0 radical (unpaired) electrons. The average molecular weight is 725 g/mol. The molecule has 0 saturated heterocycles. The van der Waals surface area contributed by atoms with Crippen LogP contribution in [0.4, 0.5) is 52.7 Å². The van der Waals surface area contributed by atoms with Crippen molar-refractivity contribution >= 4 is 0 Å². The molecule has 264 valence electrons. The molecule has 1 aliphatic heterocycles. The maximum absolute atomic E-state index is 14.9. The van der Waals surface area contributed by atoms with Gasteiger partial charge in [-0.1, -0.05) is 48.5 Å². The number of aryl methyl sites for hydroxylation is 2. The molecule has 7 rings (SSSR count). The highest BCUT2D eigenvalue weighted by Gasteiger charge is 2.69. The molecule has 3 atom stereocenters. The Morgan fingerprint density at radius 3 is 1.65 bits per heavy atom. The fourth-order valence-electron chi connectivity index (χ4n) is 7.68. The number of fused-ring (bicyclic) bond motifs is 6. The lowest BCUT2D eigenvalue weighted by molar-refractivity contribution is -0.693. The number of nitrogens with zero attached hydrogens (tertiary/aromatic N) is 2. The molecular weight excluding hydrogens is 700 g/mol. The van der Waals surface area contributed by atoms with Crippen molar-refractivity contribution in [2.24, 2.45) is 7.05 Å². The third-order valence-corrected chi connectivity index (χ3v) is 9.53. The molecule has 0 N–H and O–H groups in total. The van der Waals surface area contributed by atoms with E-state index in [4.69, 9.17) is 0 Å². The van der Waals surface area contributed by atoms with E-state index < -0.39 is 81.7 Å². The Morgan fingerprint density at radius 1 is 0.510 bits per heavy atom. The summed E-state index contributed by atoms with van der Waals surface area (Å²) < 4.78 is 179. The predicted octanol–water partition coefficient (Wildman–Crippen LogP) is 10.6. The first kappa shape index (κ1) is 34.6. The molecular formula is C37H24F12N2+2. The number of hydrogen-bond acceptors (Lipinski definition) is 0. The van der Waals surface area contributed by atoms with Crippen LogP contribution >= 0.6 is 0 Å². The minimum Gasteiger partial charge on any atom is -0.200 e. The molecule has 1 aliphatic carbocycles. The topological polar surface area (TPSA) is 7.76 Å². The average Bonchev–Trinajstić information content (AvgIpc) is 3.78. The lowest BCUT2D eigenvalue weighted by atomic mass is 9.80. The van der Waals surface area contributed by atoms with Crippen molar-refractivity contribution < 1.29 is 61.8 Å². The maximum Gasteiger partial charge on any atom is 0.417 e. The zero-order valence-electron chi connectivity index (χ0n) is 26.3. The lowest BCUT2D eigenvalue weighted by Crippen LogP contribution is -2.41. The van der Waals surface area contributed by atoms with Gasteiger partial charge in [0.15, 0.2) is 18.4 Å². The van der Waals surface area contributed by atoms with Gasteiger partial charge >= 0.3 is 24.7 Å². The maximum atomic E-state index is 14.9. The highest BCUT2D eigenvalue weighted by Crippen LogP contribution is 2.70. The van der Waals surface area contributed by atoms with Crippen LogP contribution in [0.1, 0.15) is 56.8 Å². The minimum atomic E-state index is -6.46. The van der Waals surface area contributed by atoms with Gasteiger partial charge in [0.25, 0.3) is 0 Å². The van der Waals surface area contributed by atoms with Crippen LogP contribution < -0.4 is 9.13 Å². The first-order chi connectivity index (χ1) is 23.7. The standard InChI is InChI=1S/C37H24F12N2/c1-18-12-14-24-26-27(30(35(41,42)43)32(37(47,48)49)31(36(44,45)46)29(26)34(38,39)40)28-25(33(28)51(24)16-18)22-11-7-6-10-21(22)23-15-13-20(17-50(23)2)19-8-4-3-5-9-19/h3-17,25,28,33H,1-2H3/q+2. The van der Waals surface area contributed by atoms with Crippen LogP contribution in [0.25, 0.3) is 33.6 Å². The van der Waals surface area contributed by atoms with Crippen molar-refractivity contribution in [3.8, 4) is 33.6 Å². The third-order valence-electron chi connectivity index (χ3n) is 9.53. The summed E-state index contributed by atoms with van der Waals surface area (Å²) in [6.45, 7) is 1.52. The van der Waals surface area contributed by atoms with Gasteiger partial charge in [0.2, 0.25) is 11.4 Å². The summed E-state index contributed by atoms with van der Waals surface area (Å²) in [5.41, 5.74) is -12.7. The monoisotopic (exact) mass is 724 g/mol. The van der Waals surface area contributed by atoms with Gasteiger partial charge in [-0.15, -0.1) is 0 Å². The number of alkyl halides is 12. The van der Waals surface area contributed by atoms with Gasteiger partial charge in [-0.25, -0.2) is 4.57 Å². The van der Waals surface area contributed by atoms with E-state index in [1.54, 1.807) is 42.1 Å². The van der Waals surface area contributed by atoms with Crippen molar-refractivity contribution in [3.63, 3.8) is 0 Å². The van der Waals surface area contributed by atoms with Gasteiger partial charge in [0, 0.05) is 28.8 Å². The van der Waals surface area contributed by atoms with Crippen LogP contribution in [-0.2, 0) is 31.8 Å². The SMILES string of the molecule is Cc1ccc2[n+](c1)C1C(c3ccccc3-c3ccc(-c4ccccc4)c[n+]3C)C1c1c-2c(C(F)(F)F)c(C(F)(F)F)c(C(F)(F)F)c1C(F)(F)F. The van der Waals surface area contributed by atoms with Gasteiger partial charge in [0.1, 0.15) is 7.05 Å². The molecule has 14 heteroatoms. The van der Waals surface area contributed by atoms with E-state index in [1.165, 1.54) is 35.9 Å². The van der Waals surface area contributed by atoms with Gasteiger partial charge in [-0.05, 0) is 41.8 Å². The Balaban J connectivity index is 1.55. The first-order valence-corrected chi connectivity index (χ1v) is 15.4. The van der Waals surface area contributed by atoms with Crippen LogP contribution in [0, 0.1) is 6.92 Å². The molecule has 0 amide bonds. The molecule has 1 saturated carbocycles. The predicted molar refractivity (Wildman–Crippen MR) is 160 cm³/mol. The van der Waals surface area contributed by atoms with Crippen molar-refractivity contribution in [1.82, 2.24) is 0 Å².